The van der Waals surface area contributed by atoms with Crippen molar-refractivity contribution < 1.29 is 14.3 Å². The van der Waals surface area contributed by atoms with Crippen molar-refractivity contribution in [1.82, 2.24) is 0 Å². The van der Waals surface area contributed by atoms with Crippen LogP contribution in [0.2, 0.25) is 0 Å². The smallest absolute Gasteiger partial charge is 0.234 e. The van der Waals surface area contributed by atoms with Crippen LogP contribution in [0, 0.1) is 6.92 Å². The number of rotatable bonds is 4. The number of methoxy groups -OCH3 is 2. The van der Waals surface area contributed by atoms with Crippen LogP contribution >= 0.6 is 12.6 Å². The summed E-state index contributed by atoms with van der Waals surface area (Å²) in [5.74, 6) is 1.23. The molecule has 0 saturated heterocycles. The fourth-order valence-corrected chi connectivity index (χ4v) is 1.42. The van der Waals surface area contributed by atoms with Gasteiger partial charge in [0.25, 0.3) is 0 Å². The van der Waals surface area contributed by atoms with Crippen LogP contribution in [-0.4, -0.2) is 25.9 Å². The van der Waals surface area contributed by atoms with Crippen LogP contribution in [-0.2, 0) is 4.79 Å². The Bertz CT molecular complexity index is 393. The number of hydrogen-bond acceptors (Lipinski definition) is 4. The summed E-state index contributed by atoms with van der Waals surface area (Å²) in [6.45, 7) is 1.87. The number of ether oxygens (including phenoxy) is 2. The third-order valence-corrected chi connectivity index (χ3v) is 2.42. The number of hydrogen-bond donors (Lipinski definition) is 2. The SMILES string of the molecule is COc1cc(C)c(NC(=O)CS)c(OC)c1. The molecule has 1 rings (SSSR count). The van der Waals surface area contributed by atoms with Crippen LogP contribution in [0.25, 0.3) is 0 Å². The van der Waals surface area contributed by atoms with Crippen LogP contribution in [0.1, 0.15) is 5.56 Å². The average molecular weight is 241 g/mol. The van der Waals surface area contributed by atoms with Gasteiger partial charge in [0.2, 0.25) is 5.91 Å². The zero-order chi connectivity index (χ0) is 12.1. The molecule has 0 aliphatic rings. The molecule has 0 aromatic heterocycles. The first-order valence-corrected chi connectivity index (χ1v) is 5.39. The van der Waals surface area contributed by atoms with Gasteiger partial charge in [-0.15, -0.1) is 0 Å². The van der Waals surface area contributed by atoms with Crippen LogP contribution in [0.15, 0.2) is 12.1 Å². The fraction of sp³-hybridized carbons (Fsp3) is 0.364. The third-order valence-electron chi connectivity index (χ3n) is 2.14. The molecule has 1 aromatic rings. The van der Waals surface area contributed by atoms with E-state index in [0.717, 1.165) is 5.56 Å². The van der Waals surface area contributed by atoms with Crippen LogP contribution in [0.4, 0.5) is 5.69 Å². The van der Waals surface area contributed by atoms with Gasteiger partial charge in [-0.25, -0.2) is 0 Å². The maximum atomic E-state index is 11.3. The van der Waals surface area contributed by atoms with Crippen molar-refractivity contribution in [2.24, 2.45) is 0 Å². The van der Waals surface area contributed by atoms with E-state index >= 15 is 0 Å². The number of carbonyl (C=O) groups is 1. The molecule has 16 heavy (non-hydrogen) atoms. The molecule has 0 bridgehead atoms. The monoisotopic (exact) mass is 241 g/mol. The van der Waals surface area contributed by atoms with Crippen molar-refractivity contribution in [2.45, 2.75) is 6.92 Å². The highest BCUT2D eigenvalue weighted by atomic mass is 32.1. The lowest BCUT2D eigenvalue weighted by Crippen LogP contribution is -2.14. The maximum absolute atomic E-state index is 11.3. The summed E-state index contributed by atoms with van der Waals surface area (Å²) in [5.41, 5.74) is 1.54. The molecule has 88 valence electrons. The lowest BCUT2D eigenvalue weighted by molar-refractivity contribution is -0.113. The first-order valence-electron chi connectivity index (χ1n) is 4.75. The maximum Gasteiger partial charge on any atom is 0.234 e. The molecule has 1 N–H and O–H groups in total. The molecule has 1 amide bonds. The molecule has 0 spiro atoms. The molecule has 0 heterocycles. The van der Waals surface area contributed by atoms with Gasteiger partial charge in [-0.1, -0.05) is 0 Å². The second-order valence-electron chi connectivity index (χ2n) is 3.23. The summed E-state index contributed by atoms with van der Waals surface area (Å²) < 4.78 is 10.3. The van der Waals surface area contributed by atoms with Gasteiger partial charge in [0.1, 0.15) is 11.5 Å². The fourth-order valence-electron chi connectivity index (χ4n) is 1.34. The Balaban J connectivity index is 3.11. The molecular weight excluding hydrogens is 226 g/mol. The van der Waals surface area contributed by atoms with Crippen molar-refractivity contribution in [3.63, 3.8) is 0 Å². The van der Waals surface area contributed by atoms with Crippen molar-refractivity contribution in [2.75, 3.05) is 25.3 Å². The second-order valence-corrected chi connectivity index (χ2v) is 3.54. The van der Waals surface area contributed by atoms with Gasteiger partial charge in [-0.3, -0.25) is 4.79 Å². The lowest BCUT2D eigenvalue weighted by Gasteiger charge is -2.14. The predicted octanol–water partition coefficient (Wildman–Crippen LogP) is 1.88. The molecule has 0 aliphatic heterocycles. The van der Waals surface area contributed by atoms with E-state index in [2.05, 4.69) is 17.9 Å². The zero-order valence-corrected chi connectivity index (χ0v) is 10.4. The van der Waals surface area contributed by atoms with Crippen molar-refractivity contribution in [3.8, 4) is 11.5 Å². The normalized spacial score (nSPS) is 9.75. The number of carbonyl (C=O) groups excluding carboxylic acids is 1. The quantitative estimate of drug-likeness (QED) is 0.791. The number of nitrogens with one attached hydrogen (secondary N) is 1. The predicted molar refractivity (Wildman–Crippen MR) is 66.8 cm³/mol. The molecule has 1 aromatic carbocycles. The summed E-state index contributed by atoms with van der Waals surface area (Å²) in [6, 6.07) is 3.55. The van der Waals surface area contributed by atoms with E-state index in [1.807, 2.05) is 13.0 Å². The minimum absolute atomic E-state index is 0.134. The molecule has 0 radical (unpaired) electrons. The number of benzene rings is 1. The summed E-state index contributed by atoms with van der Waals surface area (Å²) in [6.07, 6.45) is 0. The van der Waals surface area contributed by atoms with Gasteiger partial charge in [0.05, 0.1) is 25.7 Å². The van der Waals surface area contributed by atoms with Crippen molar-refractivity contribution in [1.29, 1.82) is 0 Å². The molecule has 0 aliphatic carbocycles. The van der Waals surface area contributed by atoms with E-state index in [-0.39, 0.29) is 11.7 Å². The molecule has 0 atom stereocenters. The number of anilines is 1. The van der Waals surface area contributed by atoms with Gasteiger partial charge in [-0.05, 0) is 18.6 Å². The summed E-state index contributed by atoms with van der Waals surface area (Å²) in [5, 5.41) is 2.73. The highest BCUT2D eigenvalue weighted by molar-refractivity contribution is 7.81. The molecule has 0 saturated carbocycles. The standard InChI is InChI=1S/C11H15NO3S/c1-7-4-8(14-2)5-9(15-3)11(7)12-10(13)6-16/h4-5,16H,6H2,1-3H3,(H,12,13). The van der Waals surface area contributed by atoms with Gasteiger partial charge in [0, 0.05) is 6.07 Å². The molecule has 4 nitrogen and oxygen atoms in total. The average Bonchev–Trinajstić information content (AvgIpc) is 2.30. The Morgan fingerprint density at radius 2 is 2.06 bits per heavy atom. The Morgan fingerprint density at radius 1 is 1.38 bits per heavy atom. The minimum atomic E-state index is -0.171. The Labute approximate surface area is 100 Å². The highest BCUT2D eigenvalue weighted by Crippen LogP contribution is 2.32. The Hall–Kier alpha value is -1.36. The van der Waals surface area contributed by atoms with E-state index in [4.69, 9.17) is 9.47 Å². The molecule has 0 unspecified atom stereocenters. The van der Waals surface area contributed by atoms with E-state index in [1.165, 1.54) is 0 Å². The first-order chi connectivity index (χ1) is 7.62. The molecule has 5 heteroatoms. The second kappa shape index (κ2) is 5.65. The van der Waals surface area contributed by atoms with Crippen LogP contribution in [0.3, 0.4) is 0 Å². The lowest BCUT2D eigenvalue weighted by atomic mass is 10.1. The van der Waals surface area contributed by atoms with E-state index < -0.39 is 0 Å². The number of thiol groups is 1. The number of amides is 1. The molecule has 0 fully saturated rings. The third kappa shape index (κ3) is 2.82. The van der Waals surface area contributed by atoms with Crippen LogP contribution in [0.5, 0.6) is 11.5 Å². The summed E-state index contributed by atoms with van der Waals surface area (Å²) in [7, 11) is 3.13. The van der Waals surface area contributed by atoms with Crippen molar-refractivity contribution in [3.05, 3.63) is 17.7 Å². The summed E-state index contributed by atoms with van der Waals surface area (Å²) in [4.78, 5) is 11.3. The van der Waals surface area contributed by atoms with Crippen LogP contribution < -0.4 is 14.8 Å². The van der Waals surface area contributed by atoms with Gasteiger partial charge < -0.3 is 14.8 Å². The van der Waals surface area contributed by atoms with Gasteiger partial charge in [-0.2, -0.15) is 12.6 Å². The Kier molecular flexibility index (Phi) is 4.49. The van der Waals surface area contributed by atoms with E-state index in [9.17, 15) is 4.79 Å². The Morgan fingerprint density at radius 3 is 2.56 bits per heavy atom. The largest absolute Gasteiger partial charge is 0.497 e. The first kappa shape index (κ1) is 12.7. The molecular formula is C11H15NO3S. The van der Waals surface area contributed by atoms with Crippen molar-refractivity contribution >= 4 is 24.2 Å². The highest BCUT2D eigenvalue weighted by Gasteiger charge is 2.11. The van der Waals surface area contributed by atoms with E-state index in [0.29, 0.717) is 17.2 Å². The summed E-state index contributed by atoms with van der Waals surface area (Å²) >= 11 is 3.90. The number of aryl methyl sites for hydroxylation is 1. The van der Waals surface area contributed by atoms with E-state index in [1.54, 1.807) is 20.3 Å². The topological polar surface area (TPSA) is 47.6 Å². The minimum Gasteiger partial charge on any atom is -0.497 e. The van der Waals surface area contributed by atoms with Gasteiger partial charge >= 0.3 is 0 Å². The van der Waals surface area contributed by atoms with Gasteiger partial charge in [0.15, 0.2) is 0 Å². The zero-order valence-electron chi connectivity index (χ0n) is 9.53.